The summed E-state index contributed by atoms with van der Waals surface area (Å²) in [6.07, 6.45) is 0. The van der Waals surface area contributed by atoms with Crippen molar-refractivity contribution in [1.82, 2.24) is 5.32 Å². The molecule has 0 heterocycles. The zero-order valence-corrected chi connectivity index (χ0v) is 13.9. The lowest BCUT2D eigenvalue weighted by molar-refractivity contribution is 0.0946. The lowest BCUT2D eigenvalue weighted by Gasteiger charge is -2.10. The first kappa shape index (κ1) is 15.9. The van der Waals surface area contributed by atoms with Crippen LogP contribution in [0.25, 0.3) is 0 Å². The molecule has 0 aliphatic rings. The van der Waals surface area contributed by atoms with Gasteiger partial charge < -0.3 is 10.1 Å². The third kappa shape index (κ3) is 4.48. The largest absolute Gasteiger partial charge is 0.491 e. The van der Waals surface area contributed by atoms with Gasteiger partial charge in [-0.05, 0) is 58.7 Å². The first-order valence-electron chi connectivity index (χ1n) is 6.49. The standard InChI is InChI=1S/C16H15BrClNO2/c1-11-10-12(18)6-7-15(11)21-9-8-19-16(20)13-4-2-3-5-14(13)17/h2-7,10H,8-9H2,1H3,(H,19,20). The predicted molar refractivity (Wildman–Crippen MR) is 88.2 cm³/mol. The van der Waals surface area contributed by atoms with Crippen molar-refractivity contribution in [3.05, 3.63) is 63.1 Å². The number of hydrogen-bond acceptors (Lipinski definition) is 2. The van der Waals surface area contributed by atoms with E-state index in [2.05, 4.69) is 21.2 Å². The van der Waals surface area contributed by atoms with E-state index in [-0.39, 0.29) is 5.91 Å². The summed E-state index contributed by atoms with van der Waals surface area (Å²) >= 11 is 9.24. The Hall–Kier alpha value is -1.52. The number of carbonyl (C=O) groups excluding carboxylic acids is 1. The molecular formula is C16H15BrClNO2. The van der Waals surface area contributed by atoms with Gasteiger partial charge in [0.15, 0.2) is 0 Å². The van der Waals surface area contributed by atoms with E-state index in [1.165, 1.54) is 0 Å². The smallest absolute Gasteiger partial charge is 0.252 e. The van der Waals surface area contributed by atoms with Crippen LogP contribution in [0.4, 0.5) is 0 Å². The third-order valence-corrected chi connectivity index (χ3v) is 3.83. The van der Waals surface area contributed by atoms with Crippen LogP contribution in [0.2, 0.25) is 5.02 Å². The van der Waals surface area contributed by atoms with Gasteiger partial charge in [0, 0.05) is 9.50 Å². The van der Waals surface area contributed by atoms with Crippen molar-refractivity contribution >= 4 is 33.4 Å². The Kier molecular flexibility index (Phi) is 5.65. The van der Waals surface area contributed by atoms with Crippen LogP contribution in [-0.4, -0.2) is 19.1 Å². The van der Waals surface area contributed by atoms with Gasteiger partial charge in [-0.3, -0.25) is 4.79 Å². The monoisotopic (exact) mass is 367 g/mol. The Balaban J connectivity index is 1.82. The SMILES string of the molecule is Cc1cc(Cl)ccc1OCCNC(=O)c1ccccc1Br. The Morgan fingerprint density at radius 1 is 1.29 bits per heavy atom. The van der Waals surface area contributed by atoms with Gasteiger partial charge in [-0.2, -0.15) is 0 Å². The maximum Gasteiger partial charge on any atom is 0.252 e. The fourth-order valence-electron chi connectivity index (χ4n) is 1.84. The fourth-order valence-corrected chi connectivity index (χ4v) is 2.53. The minimum atomic E-state index is -0.126. The van der Waals surface area contributed by atoms with E-state index in [0.29, 0.717) is 23.7 Å². The van der Waals surface area contributed by atoms with Gasteiger partial charge in [-0.25, -0.2) is 0 Å². The number of amides is 1. The number of aryl methyl sites for hydroxylation is 1. The van der Waals surface area contributed by atoms with Gasteiger partial charge in [-0.15, -0.1) is 0 Å². The topological polar surface area (TPSA) is 38.3 Å². The molecular weight excluding hydrogens is 354 g/mol. The molecule has 1 amide bonds. The second kappa shape index (κ2) is 7.48. The molecule has 2 aromatic rings. The van der Waals surface area contributed by atoms with E-state index in [0.717, 1.165) is 15.8 Å². The number of rotatable bonds is 5. The minimum Gasteiger partial charge on any atom is -0.491 e. The fraction of sp³-hybridized carbons (Fsp3) is 0.188. The van der Waals surface area contributed by atoms with Crippen LogP contribution in [0.3, 0.4) is 0 Å². The molecule has 2 aromatic carbocycles. The second-order valence-electron chi connectivity index (χ2n) is 4.49. The van der Waals surface area contributed by atoms with Gasteiger partial charge in [0.05, 0.1) is 12.1 Å². The summed E-state index contributed by atoms with van der Waals surface area (Å²) in [5.41, 5.74) is 1.58. The molecule has 21 heavy (non-hydrogen) atoms. The van der Waals surface area contributed by atoms with E-state index in [9.17, 15) is 4.79 Å². The molecule has 3 nitrogen and oxygen atoms in total. The van der Waals surface area contributed by atoms with Crippen LogP contribution in [0.15, 0.2) is 46.9 Å². The van der Waals surface area contributed by atoms with Crippen LogP contribution in [0.5, 0.6) is 5.75 Å². The maximum absolute atomic E-state index is 12.0. The summed E-state index contributed by atoms with van der Waals surface area (Å²) in [7, 11) is 0. The lowest BCUT2D eigenvalue weighted by Crippen LogP contribution is -2.28. The molecule has 0 unspecified atom stereocenters. The quantitative estimate of drug-likeness (QED) is 0.803. The van der Waals surface area contributed by atoms with E-state index in [1.807, 2.05) is 37.3 Å². The van der Waals surface area contributed by atoms with Crippen LogP contribution in [-0.2, 0) is 0 Å². The molecule has 1 N–H and O–H groups in total. The number of benzene rings is 2. The van der Waals surface area contributed by atoms with Crippen LogP contribution in [0.1, 0.15) is 15.9 Å². The van der Waals surface area contributed by atoms with Crippen LogP contribution in [0, 0.1) is 6.92 Å². The average molecular weight is 369 g/mol. The Bertz CT molecular complexity index is 646. The van der Waals surface area contributed by atoms with Gasteiger partial charge >= 0.3 is 0 Å². The van der Waals surface area contributed by atoms with E-state index in [4.69, 9.17) is 16.3 Å². The molecule has 0 saturated carbocycles. The number of halogens is 2. The molecule has 0 bridgehead atoms. The minimum absolute atomic E-state index is 0.126. The molecule has 0 aliphatic carbocycles. The highest BCUT2D eigenvalue weighted by Crippen LogP contribution is 2.21. The summed E-state index contributed by atoms with van der Waals surface area (Å²) in [4.78, 5) is 12.0. The Morgan fingerprint density at radius 2 is 2.05 bits per heavy atom. The first-order chi connectivity index (χ1) is 10.1. The highest BCUT2D eigenvalue weighted by atomic mass is 79.9. The third-order valence-electron chi connectivity index (χ3n) is 2.90. The summed E-state index contributed by atoms with van der Waals surface area (Å²) in [6, 6.07) is 12.8. The first-order valence-corrected chi connectivity index (χ1v) is 7.66. The lowest BCUT2D eigenvalue weighted by atomic mass is 10.2. The summed E-state index contributed by atoms with van der Waals surface area (Å²) in [5.74, 6) is 0.647. The van der Waals surface area contributed by atoms with Crippen molar-refractivity contribution in [1.29, 1.82) is 0 Å². The van der Waals surface area contributed by atoms with Gasteiger partial charge in [0.1, 0.15) is 12.4 Å². The van der Waals surface area contributed by atoms with E-state index < -0.39 is 0 Å². The maximum atomic E-state index is 12.0. The molecule has 0 spiro atoms. The van der Waals surface area contributed by atoms with Crippen molar-refractivity contribution in [3.63, 3.8) is 0 Å². The molecule has 110 valence electrons. The molecule has 0 aromatic heterocycles. The molecule has 2 rings (SSSR count). The zero-order valence-electron chi connectivity index (χ0n) is 11.5. The van der Waals surface area contributed by atoms with Gasteiger partial charge in [0.2, 0.25) is 0 Å². The van der Waals surface area contributed by atoms with E-state index >= 15 is 0 Å². The van der Waals surface area contributed by atoms with Gasteiger partial charge in [-0.1, -0.05) is 23.7 Å². The summed E-state index contributed by atoms with van der Waals surface area (Å²) in [6.45, 7) is 2.77. The van der Waals surface area contributed by atoms with Crippen molar-refractivity contribution in [2.24, 2.45) is 0 Å². The predicted octanol–water partition coefficient (Wildman–Crippen LogP) is 4.22. The molecule has 0 radical (unpaired) electrons. The van der Waals surface area contributed by atoms with E-state index in [1.54, 1.807) is 12.1 Å². The normalized spacial score (nSPS) is 10.2. The number of carbonyl (C=O) groups is 1. The number of ether oxygens (including phenoxy) is 1. The average Bonchev–Trinajstić information content (AvgIpc) is 2.45. The highest BCUT2D eigenvalue weighted by molar-refractivity contribution is 9.10. The number of nitrogens with one attached hydrogen (secondary N) is 1. The van der Waals surface area contributed by atoms with Crippen molar-refractivity contribution in [2.75, 3.05) is 13.2 Å². The molecule has 0 atom stereocenters. The van der Waals surface area contributed by atoms with Crippen LogP contribution >= 0.6 is 27.5 Å². The summed E-state index contributed by atoms with van der Waals surface area (Å²) < 4.78 is 6.40. The second-order valence-corrected chi connectivity index (χ2v) is 5.78. The molecule has 0 saturated heterocycles. The number of hydrogen-bond donors (Lipinski definition) is 1. The van der Waals surface area contributed by atoms with Crippen molar-refractivity contribution < 1.29 is 9.53 Å². The Labute approximate surface area is 137 Å². The molecule has 0 fully saturated rings. The molecule has 0 aliphatic heterocycles. The highest BCUT2D eigenvalue weighted by Gasteiger charge is 2.08. The van der Waals surface area contributed by atoms with Gasteiger partial charge in [0.25, 0.3) is 5.91 Å². The Morgan fingerprint density at radius 3 is 2.76 bits per heavy atom. The zero-order chi connectivity index (χ0) is 15.2. The molecule has 5 heteroatoms. The summed E-state index contributed by atoms with van der Waals surface area (Å²) in [5, 5.41) is 3.50. The van der Waals surface area contributed by atoms with Crippen molar-refractivity contribution in [2.45, 2.75) is 6.92 Å². The van der Waals surface area contributed by atoms with Crippen molar-refractivity contribution in [3.8, 4) is 5.75 Å². The van der Waals surface area contributed by atoms with Crippen LogP contribution < -0.4 is 10.1 Å².